The van der Waals surface area contributed by atoms with Crippen LogP contribution in [-0.2, 0) is 0 Å². The van der Waals surface area contributed by atoms with Crippen LogP contribution in [0.15, 0.2) is 12.1 Å². The van der Waals surface area contributed by atoms with Crippen LogP contribution in [0.3, 0.4) is 0 Å². The van der Waals surface area contributed by atoms with E-state index in [1.807, 2.05) is 6.92 Å². The first-order valence-corrected chi connectivity index (χ1v) is 7.73. The van der Waals surface area contributed by atoms with Crippen LogP contribution in [0.25, 0.3) is 0 Å². The van der Waals surface area contributed by atoms with E-state index in [1.165, 1.54) is 37.8 Å². The Labute approximate surface area is 119 Å². The van der Waals surface area contributed by atoms with Crippen LogP contribution in [0.5, 0.6) is 0 Å². The molecule has 0 radical (unpaired) electrons. The fraction of sp³-hybridized carbons (Fsp3) is 0.647. The third-order valence-electron chi connectivity index (χ3n) is 5.32. The van der Waals surface area contributed by atoms with E-state index in [1.54, 1.807) is 6.92 Å². The van der Waals surface area contributed by atoms with Crippen LogP contribution in [0.1, 0.15) is 49.8 Å². The molecule has 1 N–H and O–H groups in total. The summed E-state index contributed by atoms with van der Waals surface area (Å²) < 4.78 is 27.5. The van der Waals surface area contributed by atoms with Crippen molar-refractivity contribution >= 4 is 0 Å². The number of halogens is 2. The highest BCUT2D eigenvalue weighted by atomic mass is 19.1. The van der Waals surface area contributed by atoms with Crippen molar-refractivity contribution in [1.82, 2.24) is 5.32 Å². The summed E-state index contributed by atoms with van der Waals surface area (Å²) in [5, 5.41) is 3.41. The van der Waals surface area contributed by atoms with Gasteiger partial charge in [-0.3, -0.25) is 0 Å². The molecule has 0 heterocycles. The van der Waals surface area contributed by atoms with Crippen LogP contribution >= 0.6 is 0 Å². The molecule has 3 rings (SSSR count). The van der Waals surface area contributed by atoms with Crippen molar-refractivity contribution in [3.8, 4) is 0 Å². The van der Waals surface area contributed by atoms with Crippen molar-refractivity contribution < 1.29 is 8.78 Å². The summed E-state index contributed by atoms with van der Waals surface area (Å²) in [7, 11) is 0. The summed E-state index contributed by atoms with van der Waals surface area (Å²) in [6.07, 6.45) is 5.46. The molecule has 1 aromatic rings. The van der Waals surface area contributed by atoms with Gasteiger partial charge in [0, 0.05) is 11.6 Å². The Hall–Kier alpha value is -0.960. The van der Waals surface area contributed by atoms with E-state index in [-0.39, 0.29) is 17.7 Å². The van der Waals surface area contributed by atoms with Gasteiger partial charge in [0.1, 0.15) is 11.6 Å². The molecule has 0 aromatic heterocycles. The lowest BCUT2D eigenvalue weighted by atomic mass is 9.88. The molecule has 4 atom stereocenters. The average molecular weight is 279 g/mol. The summed E-state index contributed by atoms with van der Waals surface area (Å²) in [6.45, 7) is 4.44. The van der Waals surface area contributed by atoms with Crippen LogP contribution in [0.4, 0.5) is 8.78 Å². The van der Waals surface area contributed by atoms with Gasteiger partial charge in [-0.2, -0.15) is 0 Å². The zero-order valence-corrected chi connectivity index (χ0v) is 12.3. The summed E-state index contributed by atoms with van der Waals surface area (Å²) in [5.41, 5.74) is 0.808. The lowest BCUT2D eigenvalue weighted by molar-refractivity contribution is 0.308. The second-order valence-electron chi connectivity index (χ2n) is 6.69. The van der Waals surface area contributed by atoms with E-state index < -0.39 is 0 Å². The quantitative estimate of drug-likeness (QED) is 0.863. The predicted octanol–water partition coefficient (Wildman–Crippen LogP) is 4.36. The molecule has 0 aliphatic heterocycles. The first-order valence-electron chi connectivity index (χ1n) is 7.73. The second-order valence-corrected chi connectivity index (χ2v) is 6.69. The molecule has 2 fully saturated rings. The van der Waals surface area contributed by atoms with Gasteiger partial charge in [-0.15, -0.1) is 0 Å². The fourth-order valence-electron chi connectivity index (χ4n) is 4.06. The van der Waals surface area contributed by atoms with Gasteiger partial charge in [0.05, 0.1) is 0 Å². The third kappa shape index (κ3) is 2.60. The highest BCUT2D eigenvalue weighted by molar-refractivity contribution is 5.27. The molecule has 0 spiro atoms. The zero-order chi connectivity index (χ0) is 14.3. The van der Waals surface area contributed by atoms with Crippen molar-refractivity contribution in [2.24, 2.45) is 17.8 Å². The van der Waals surface area contributed by atoms with Crippen molar-refractivity contribution in [1.29, 1.82) is 0 Å². The number of fused-ring (bicyclic) bond motifs is 2. The maximum atomic E-state index is 13.9. The number of hydrogen-bond acceptors (Lipinski definition) is 1. The van der Waals surface area contributed by atoms with Gasteiger partial charge < -0.3 is 5.32 Å². The fourth-order valence-corrected chi connectivity index (χ4v) is 4.06. The molecule has 20 heavy (non-hydrogen) atoms. The number of nitrogens with one attached hydrogen (secondary N) is 1. The Morgan fingerprint density at radius 1 is 1.20 bits per heavy atom. The first kappa shape index (κ1) is 14.0. The second kappa shape index (κ2) is 5.44. The number of aryl methyl sites for hydroxylation is 1. The average Bonchev–Trinajstić information content (AvgIpc) is 3.02. The Morgan fingerprint density at radius 3 is 2.65 bits per heavy atom. The summed E-state index contributed by atoms with van der Waals surface area (Å²) in [4.78, 5) is 0. The molecular formula is C17H23F2N. The van der Waals surface area contributed by atoms with Gasteiger partial charge in [0.2, 0.25) is 0 Å². The molecule has 2 bridgehead atoms. The molecule has 1 nitrogen and oxygen atoms in total. The third-order valence-corrected chi connectivity index (χ3v) is 5.32. The number of rotatable bonds is 4. The lowest BCUT2D eigenvalue weighted by Gasteiger charge is -2.24. The highest BCUT2D eigenvalue weighted by Gasteiger charge is 2.39. The maximum Gasteiger partial charge on any atom is 0.128 e. The smallest absolute Gasteiger partial charge is 0.128 e. The summed E-state index contributed by atoms with van der Waals surface area (Å²) >= 11 is 0. The molecular weight excluding hydrogens is 256 g/mol. The molecule has 4 unspecified atom stereocenters. The topological polar surface area (TPSA) is 12.0 Å². The minimum atomic E-state index is -0.324. The summed E-state index contributed by atoms with van der Waals surface area (Å²) in [5.74, 6) is 1.89. The van der Waals surface area contributed by atoms with Crippen molar-refractivity contribution in [3.05, 3.63) is 34.9 Å². The van der Waals surface area contributed by atoms with Gasteiger partial charge >= 0.3 is 0 Å². The Bertz CT molecular complexity index is 500. The van der Waals surface area contributed by atoms with E-state index >= 15 is 0 Å². The standard InChI is InChI=1S/C17H23F2N/c1-10-5-17(19)15(8-16(10)18)11(2)20-9-14-7-12-3-4-13(14)6-12/h5,8,11-14,20H,3-4,6-7,9H2,1-2H3. The van der Waals surface area contributed by atoms with Crippen LogP contribution in [0.2, 0.25) is 0 Å². The largest absolute Gasteiger partial charge is 0.310 e. The lowest BCUT2D eigenvalue weighted by Crippen LogP contribution is -2.29. The normalized spacial score (nSPS) is 29.9. The molecule has 3 heteroatoms. The molecule has 2 aliphatic rings. The Kier molecular flexibility index (Phi) is 3.80. The molecule has 2 aliphatic carbocycles. The first-order chi connectivity index (χ1) is 9.54. The predicted molar refractivity (Wildman–Crippen MR) is 76.5 cm³/mol. The molecule has 0 saturated heterocycles. The van der Waals surface area contributed by atoms with Gasteiger partial charge in [-0.1, -0.05) is 6.42 Å². The number of hydrogen-bond donors (Lipinski definition) is 1. The molecule has 0 amide bonds. The van der Waals surface area contributed by atoms with Gasteiger partial charge in [-0.25, -0.2) is 8.78 Å². The zero-order valence-electron chi connectivity index (χ0n) is 12.3. The molecule has 110 valence electrons. The van der Waals surface area contributed by atoms with Crippen LogP contribution in [-0.4, -0.2) is 6.54 Å². The number of benzene rings is 1. The monoisotopic (exact) mass is 279 g/mol. The van der Waals surface area contributed by atoms with Crippen LogP contribution < -0.4 is 5.32 Å². The van der Waals surface area contributed by atoms with Gasteiger partial charge in [0.25, 0.3) is 0 Å². The van der Waals surface area contributed by atoms with E-state index in [2.05, 4.69) is 5.32 Å². The van der Waals surface area contributed by atoms with Crippen molar-refractivity contribution in [2.45, 2.75) is 45.6 Å². The van der Waals surface area contributed by atoms with Gasteiger partial charge in [0.15, 0.2) is 0 Å². The van der Waals surface area contributed by atoms with E-state index in [4.69, 9.17) is 0 Å². The van der Waals surface area contributed by atoms with Gasteiger partial charge in [-0.05, 0) is 75.1 Å². The van der Waals surface area contributed by atoms with E-state index in [9.17, 15) is 8.78 Å². The molecule has 2 saturated carbocycles. The van der Waals surface area contributed by atoms with E-state index in [0.717, 1.165) is 24.3 Å². The minimum absolute atomic E-state index is 0.135. The Balaban J connectivity index is 1.62. The SMILES string of the molecule is Cc1cc(F)c(C(C)NCC2CC3CCC2C3)cc1F. The minimum Gasteiger partial charge on any atom is -0.310 e. The van der Waals surface area contributed by atoms with E-state index in [0.29, 0.717) is 11.1 Å². The van der Waals surface area contributed by atoms with Crippen molar-refractivity contribution in [3.63, 3.8) is 0 Å². The van der Waals surface area contributed by atoms with Crippen molar-refractivity contribution in [2.75, 3.05) is 6.54 Å². The maximum absolute atomic E-state index is 13.9. The van der Waals surface area contributed by atoms with Crippen LogP contribution in [0, 0.1) is 36.3 Å². The Morgan fingerprint density at radius 2 is 2.00 bits per heavy atom. The molecule has 1 aromatic carbocycles. The highest BCUT2D eigenvalue weighted by Crippen LogP contribution is 2.48. The summed E-state index contributed by atoms with van der Waals surface area (Å²) in [6, 6.07) is 2.49.